The number of rotatable bonds is 7. The zero-order valence-electron chi connectivity index (χ0n) is 19.8. The van der Waals surface area contributed by atoms with Gasteiger partial charge >= 0.3 is 0 Å². The van der Waals surface area contributed by atoms with Crippen LogP contribution in [0.15, 0.2) is 76.7 Å². The third-order valence-corrected chi connectivity index (χ3v) is 6.24. The molecular weight excluding hydrogens is 480 g/mol. The fourth-order valence-electron chi connectivity index (χ4n) is 3.28. The lowest BCUT2D eigenvalue weighted by Crippen LogP contribution is -2.22. The zero-order chi connectivity index (χ0) is 25.7. The molecule has 0 bridgehead atoms. The number of aromatic nitrogens is 4. The van der Waals surface area contributed by atoms with E-state index in [0.717, 1.165) is 11.3 Å². The predicted molar refractivity (Wildman–Crippen MR) is 138 cm³/mol. The minimum Gasteiger partial charge on any atom is -0.497 e. The third-order valence-electron chi connectivity index (χ3n) is 4.89. The summed E-state index contributed by atoms with van der Waals surface area (Å²) in [5.41, 5.74) is 9.41. The van der Waals surface area contributed by atoms with Crippen LogP contribution in [0, 0.1) is 13.8 Å². The molecule has 4 N–H and O–H groups in total. The molecule has 36 heavy (non-hydrogen) atoms. The second-order valence-corrected chi connectivity index (χ2v) is 9.38. The van der Waals surface area contributed by atoms with Crippen molar-refractivity contribution < 1.29 is 13.2 Å². The average molecular weight is 505 g/mol. The van der Waals surface area contributed by atoms with Crippen molar-refractivity contribution in [1.29, 1.82) is 0 Å². The molecule has 2 aromatic heterocycles. The molecule has 11 nitrogen and oxygen atoms in total. The number of methoxy groups -OCH3 is 1. The number of aliphatic imine (C=N–C) groups is 1. The molecule has 0 amide bonds. The highest BCUT2D eigenvalue weighted by Crippen LogP contribution is 2.22. The fourth-order valence-corrected chi connectivity index (χ4v) is 4.22. The summed E-state index contributed by atoms with van der Waals surface area (Å²) in [4.78, 5) is 21.0. The van der Waals surface area contributed by atoms with Crippen LogP contribution in [0.5, 0.6) is 5.75 Å². The molecule has 0 fully saturated rings. The van der Waals surface area contributed by atoms with E-state index < -0.39 is 10.0 Å². The Hall–Kier alpha value is -4.58. The van der Waals surface area contributed by atoms with E-state index in [-0.39, 0.29) is 22.8 Å². The molecule has 0 radical (unpaired) electrons. The van der Waals surface area contributed by atoms with Crippen LogP contribution in [-0.4, -0.2) is 41.4 Å². The summed E-state index contributed by atoms with van der Waals surface area (Å²) in [5.74, 6) is 0.972. The topological polar surface area (TPSA) is 157 Å². The van der Waals surface area contributed by atoms with Crippen LogP contribution in [0.25, 0.3) is 11.3 Å². The summed E-state index contributed by atoms with van der Waals surface area (Å²) in [5, 5.41) is 2.90. The largest absolute Gasteiger partial charge is 0.497 e. The molecule has 0 atom stereocenters. The quantitative estimate of drug-likeness (QED) is 0.253. The third kappa shape index (κ3) is 6.10. The second kappa shape index (κ2) is 10.4. The van der Waals surface area contributed by atoms with Crippen LogP contribution >= 0.6 is 0 Å². The van der Waals surface area contributed by atoms with Gasteiger partial charge in [0, 0.05) is 28.8 Å². The van der Waals surface area contributed by atoms with E-state index in [2.05, 4.69) is 35.0 Å². The van der Waals surface area contributed by atoms with E-state index >= 15 is 0 Å². The van der Waals surface area contributed by atoms with E-state index in [9.17, 15) is 8.42 Å². The first kappa shape index (κ1) is 24.5. The molecule has 4 rings (SSSR count). The Labute approximate surface area is 208 Å². The highest BCUT2D eigenvalue weighted by atomic mass is 32.2. The van der Waals surface area contributed by atoms with Crippen molar-refractivity contribution >= 4 is 33.6 Å². The molecule has 0 saturated heterocycles. The van der Waals surface area contributed by atoms with Gasteiger partial charge in [-0.3, -0.25) is 0 Å². The van der Waals surface area contributed by atoms with Gasteiger partial charge in [-0.25, -0.2) is 33.1 Å². The molecule has 184 valence electrons. The molecular formula is C24H24N8O3S. The Morgan fingerprint density at radius 1 is 0.944 bits per heavy atom. The van der Waals surface area contributed by atoms with E-state index in [0.29, 0.717) is 22.8 Å². The number of nitrogens with two attached hydrogens (primary N) is 1. The first-order chi connectivity index (χ1) is 17.2. The van der Waals surface area contributed by atoms with E-state index in [1.54, 1.807) is 51.4 Å². The maximum Gasteiger partial charge on any atom is 0.264 e. The Morgan fingerprint density at radius 3 is 2.25 bits per heavy atom. The normalized spacial score (nSPS) is 11.7. The average Bonchev–Trinajstić information content (AvgIpc) is 2.83. The molecule has 2 heterocycles. The van der Waals surface area contributed by atoms with Crippen LogP contribution in [-0.2, 0) is 10.0 Å². The lowest BCUT2D eigenvalue weighted by molar-refractivity contribution is 0.415. The maximum atomic E-state index is 12.7. The Bertz CT molecular complexity index is 1490. The Morgan fingerprint density at radius 2 is 1.61 bits per heavy atom. The van der Waals surface area contributed by atoms with Crippen LogP contribution in [0.3, 0.4) is 0 Å². The minimum atomic E-state index is -3.87. The summed E-state index contributed by atoms with van der Waals surface area (Å²) >= 11 is 0. The van der Waals surface area contributed by atoms with Crippen LogP contribution in [0.4, 0.5) is 17.6 Å². The molecule has 12 heteroatoms. The molecule has 0 aliphatic carbocycles. The van der Waals surface area contributed by atoms with Crippen molar-refractivity contribution in [1.82, 2.24) is 19.9 Å². The number of sulfonamides is 1. The van der Waals surface area contributed by atoms with Crippen LogP contribution in [0.2, 0.25) is 0 Å². The smallest absolute Gasteiger partial charge is 0.264 e. The van der Waals surface area contributed by atoms with Gasteiger partial charge in [-0.2, -0.15) is 4.99 Å². The predicted octanol–water partition coefficient (Wildman–Crippen LogP) is 3.42. The minimum absolute atomic E-state index is 0.0166. The van der Waals surface area contributed by atoms with Crippen LogP contribution < -0.4 is 20.5 Å². The molecule has 0 spiro atoms. The lowest BCUT2D eigenvalue weighted by atomic mass is 10.1. The van der Waals surface area contributed by atoms with Gasteiger partial charge in [-0.1, -0.05) is 0 Å². The number of nitrogens with zero attached hydrogens (tertiary/aromatic N) is 5. The highest BCUT2D eigenvalue weighted by Gasteiger charge is 2.16. The monoisotopic (exact) mass is 504 g/mol. The number of ether oxygens (including phenoxy) is 1. The lowest BCUT2D eigenvalue weighted by Gasteiger charge is -2.09. The van der Waals surface area contributed by atoms with Gasteiger partial charge in [0.15, 0.2) is 0 Å². The number of aryl methyl sites for hydroxylation is 2. The molecule has 0 saturated carbocycles. The van der Waals surface area contributed by atoms with Gasteiger partial charge in [0.25, 0.3) is 16.0 Å². The Balaban J connectivity index is 1.45. The van der Waals surface area contributed by atoms with E-state index in [1.165, 1.54) is 12.1 Å². The number of hydrogen-bond donors (Lipinski definition) is 3. The fraction of sp³-hybridized carbons (Fsp3) is 0.125. The van der Waals surface area contributed by atoms with Crippen LogP contribution in [0.1, 0.15) is 11.4 Å². The first-order valence-electron chi connectivity index (χ1n) is 10.8. The number of anilines is 2. The van der Waals surface area contributed by atoms with Gasteiger partial charge in [0.1, 0.15) is 5.75 Å². The summed E-state index contributed by atoms with van der Waals surface area (Å²) in [6, 6.07) is 16.9. The SMILES string of the molecule is COc1ccc(-c2ccnc(/N=C(\N)Nc3ccc(S(=O)(=O)Nc4nc(C)cc(C)n4)cc3)n2)cc1. The molecule has 0 aliphatic heterocycles. The molecule has 4 aromatic rings. The van der Waals surface area contributed by atoms with Crippen molar-refractivity contribution in [3.63, 3.8) is 0 Å². The summed E-state index contributed by atoms with van der Waals surface area (Å²) in [6.45, 7) is 3.53. The Kier molecular flexibility index (Phi) is 7.06. The van der Waals surface area contributed by atoms with Crippen molar-refractivity contribution in [2.45, 2.75) is 18.7 Å². The number of nitrogens with one attached hydrogen (secondary N) is 2. The van der Waals surface area contributed by atoms with Gasteiger partial charge < -0.3 is 15.8 Å². The number of guanidine groups is 1. The summed E-state index contributed by atoms with van der Waals surface area (Å²) < 4.78 is 33.0. The van der Waals surface area contributed by atoms with Crippen molar-refractivity contribution in [2.75, 3.05) is 17.1 Å². The molecule has 2 aromatic carbocycles. The first-order valence-corrected chi connectivity index (χ1v) is 12.2. The van der Waals surface area contributed by atoms with Crippen molar-refractivity contribution in [3.05, 3.63) is 78.2 Å². The maximum absolute atomic E-state index is 12.7. The van der Waals surface area contributed by atoms with Gasteiger partial charge in [0.05, 0.1) is 17.7 Å². The number of benzene rings is 2. The summed E-state index contributed by atoms with van der Waals surface area (Å²) in [7, 11) is -2.26. The molecule has 0 aliphatic rings. The van der Waals surface area contributed by atoms with Crippen molar-refractivity contribution in [2.24, 2.45) is 10.7 Å². The number of hydrogen-bond acceptors (Lipinski definition) is 8. The van der Waals surface area contributed by atoms with E-state index in [1.807, 2.05) is 24.3 Å². The zero-order valence-corrected chi connectivity index (χ0v) is 20.6. The highest BCUT2D eigenvalue weighted by molar-refractivity contribution is 7.92. The van der Waals surface area contributed by atoms with E-state index in [4.69, 9.17) is 10.5 Å². The summed E-state index contributed by atoms with van der Waals surface area (Å²) in [6.07, 6.45) is 1.59. The second-order valence-electron chi connectivity index (χ2n) is 7.70. The molecule has 0 unspecified atom stereocenters. The standard InChI is InChI=1S/C24H24N8O3S/c1-15-14-16(2)28-24(27-15)32-36(33,34)20-10-6-18(7-11-20)29-22(25)31-23-26-13-12-21(30-23)17-4-8-19(35-3)9-5-17/h4-14H,1-3H3,(H,27,28,32)(H3,25,26,29,30,31). The van der Waals surface area contributed by atoms with Gasteiger partial charge in [0.2, 0.25) is 11.9 Å². The van der Waals surface area contributed by atoms with Gasteiger partial charge in [-0.15, -0.1) is 0 Å². The van der Waals surface area contributed by atoms with Crippen molar-refractivity contribution in [3.8, 4) is 17.0 Å². The van der Waals surface area contributed by atoms with Gasteiger partial charge in [-0.05, 0) is 74.5 Å².